The van der Waals surface area contributed by atoms with Crippen LogP contribution < -0.4 is 5.32 Å². The Morgan fingerprint density at radius 1 is 1.14 bits per heavy atom. The maximum Gasteiger partial charge on any atom is 0.416 e. The van der Waals surface area contributed by atoms with Crippen LogP contribution >= 0.6 is 0 Å². The SMILES string of the molecule is CNC(=O)C(OC)c1ccccc1C=NOC(C)c1ccc(C(F)(F)F)cc1. The summed E-state index contributed by atoms with van der Waals surface area (Å²) in [6.07, 6.45) is -4.30. The summed E-state index contributed by atoms with van der Waals surface area (Å²) in [7, 11) is 2.94. The molecule has 2 aromatic rings. The van der Waals surface area contributed by atoms with Crippen LogP contribution in [-0.2, 0) is 20.5 Å². The number of rotatable bonds is 7. The van der Waals surface area contributed by atoms with Crippen molar-refractivity contribution in [2.75, 3.05) is 14.2 Å². The van der Waals surface area contributed by atoms with E-state index in [9.17, 15) is 18.0 Å². The van der Waals surface area contributed by atoms with Crippen molar-refractivity contribution >= 4 is 12.1 Å². The van der Waals surface area contributed by atoms with Crippen molar-refractivity contribution in [3.8, 4) is 0 Å². The number of methoxy groups -OCH3 is 1. The lowest BCUT2D eigenvalue weighted by molar-refractivity contribution is -0.137. The number of carbonyl (C=O) groups excluding carboxylic acids is 1. The van der Waals surface area contributed by atoms with E-state index in [4.69, 9.17) is 9.57 Å². The van der Waals surface area contributed by atoms with Gasteiger partial charge in [-0.3, -0.25) is 4.79 Å². The largest absolute Gasteiger partial charge is 0.416 e. The average molecular weight is 394 g/mol. The molecule has 8 heteroatoms. The number of ether oxygens (including phenoxy) is 1. The Balaban J connectivity index is 2.11. The summed E-state index contributed by atoms with van der Waals surface area (Å²) in [6, 6.07) is 11.7. The van der Waals surface area contributed by atoms with E-state index in [0.29, 0.717) is 16.7 Å². The molecule has 1 amide bonds. The molecule has 1 N–H and O–H groups in total. The highest BCUT2D eigenvalue weighted by molar-refractivity contribution is 5.88. The summed E-state index contributed by atoms with van der Waals surface area (Å²) in [5.74, 6) is -0.303. The van der Waals surface area contributed by atoms with Gasteiger partial charge in [0.25, 0.3) is 5.91 Å². The first kappa shape index (κ1) is 21.4. The van der Waals surface area contributed by atoms with Gasteiger partial charge in [0.15, 0.2) is 6.10 Å². The predicted octanol–water partition coefficient (Wildman–Crippen LogP) is 4.25. The second-order valence-electron chi connectivity index (χ2n) is 5.96. The first-order valence-corrected chi connectivity index (χ1v) is 8.47. The van der Waals surface area contributed by atoms with Crippen LogP contribution in [0.15, 0.2) is 53.7 Å². The number of halogens is 3. The van der Waals surface area contributed by atoms with Crippen molar-refractivity contribution in [1.29, 1.82) is 0 Å². The molecule has 0 aliphatic rings. The Morgan fingerprint density at radius 2 is 1.79 bits per heavy atom. The molecule has 2 aromatic carbocycles. The lowest BCUT2D eigenvalue weighted by Gasteiger charge is -2.16. The lowest BCUT2D eigenvalue weighted by atomic mass is 10.0. The number of alkyl halides is 3. The Labute approximate surface area is 161 Å². The van der Waals surface area contributed by atoms with Crippen molar-refractivity contribution in [3.63, 3.8) is 0 Å². The highest BCUT2D eigenvalue weighted by Gasteiger charge is 2.30. The van der Waals surface area contributed by atoms with Crippen LogP contribution in [0.3, 0.4) is 0 Å². The number of likely N-dealkylation sites (N-methyl/N-ethyl adjacent to an activating group) is 1. The molecule has 0 saturated carbocycles. The molecule has 0 aliphatic carbocycles. The molecule has 0 bridgehead atoms. The van der Waals surface area contributed by atoms with Gasteiger partial charge in [-0.05, 0) is 30.2 Å². The number of nitrogens with zero attached hydrogens (tertiary/aromatic N) is 1. The molecule has 28 heavy (non-hydrogen) atoms. The quantitative estimate of drug-likeness (QED) is 0.564. The summed E-state index contributed by atoms with van der Waals surface area (Å²) in [6.45, 7) is 1.67. The van der Waals surface area contributed by atoms with Gasteiger partial charge in [0.1, 0.15) is 6.10 Å². The summed E-state index contributed by atoms with van der Waals surface area (Å²) in [5.41, 5.74) is 1.07. The third-order valence-electron chi connectivity index (χ3n) is 4.12. The predicted molar refractivity (Wildman–Crippen MR) is 98.8 cm³/mol. The molecular weight excluding hydrogens is 373 g/mol. The summed E-state index contributed by atoms with van der Waals surface area (Å²) in [4.78, 5) is 17.3. The van der Waals surface area contributed by atoms with E-state index in [2.05, 4.69) is 10.5 Å². The average Bonchev–Trinajstić information content (AvgIpc) is 2.68. The second kappa shape index (κ2) is 9.36. The van der Waals surface area contributed by atoms with E-state index in [1.165, 1.54) is 32.5 Å². The van der Waals surface area contributed by atoms with Crippen LogP contribution in [0.25, 0.3) is 0 Å². The molecule has 150 valence electrons. The molecule has 0 spiro atoms. The zero-order valence-electron chi connectivity index (χ0n) is 15.7. The number of hydrogen-bond acceptors (Lipinski definition) is 4. The standard InChI is InChI=1S/C20H21F3N2O3/c1-13(14-8-10-16(11-9-14)20(21,22)23)28-25-12-15-6-4-5-7-17(15)18(27-3)19(26)24-2/h4-13,18H,1-3H3,(H,24,26). The minimum absolute atomic E-state index is 0.303. The molecule has 2 unspecified atom stereocenters. The molecule has 0 fully saturated rings. The first-order chi connectivity index (χ1) is 13.3. The Morgan fingerprint density at radius 3 is 2.36 bits per heavy atom. The molecule has 0 radical (unpaired) electrons. The van der Waals surface area contributed by atoms with E-state index in [-0.39, 0.29) is 5.91 Å². The first-order valence-electron chi connectivity index (χ1n) is 8.47. The van der Waals surface area contributed by atoms with Crippen molar-refractivity contribution < 1.29 is 27.5 Å². The molecule has 0 aliphatic heterocycles. The molecular formula is C20H21F3N2O3. The van der Waals surface area contributed by atoms with E-state index in [0.717, 1.165) is 12.1 Å². The van der Waals surface area contributed by atoms with Gasteiger partial charge in [-0.1, -0.05) is 41.6 Å². The smallest absolute Gasteiger partial charge is 0.388 e. The number of carbonyl (C=O) groups is 1. The Bertz CT molecular complexity index is 820. The van der Waals surface area contributed by atoms with Crippen molar-refractivity contribution in [1.82, 2.24) is 5.32 Å². The van der Waals surface area contributed by atoms with Gasteiger partial charge in [-0.25, -0.2) is 0 Å². The van der Waals surface area contributed by atoms with Gasteiger partial charge in [0, 0.05) is 19.7 Å². The van der Waals surface area contributed by atoms with Crippen LogP contribution in [0.2, 0.25) is 0 Å². The fourth-order valence-electron chi connectivity index (χ4n) is 2.56. The van der Waals surface area contributed by atoms with Gasteiger partial charge in [-0.15, -0.1) is 0 Å². The van der Waals surface area contributed by atoms with Crippen LogP contribution in [0.5, 0.6) is 0 Å². The fourth-order valence-corrected chi connectivity index (χ4v) is 2.56. The lowest BCUT2D eigenvalue weighted by Crippen LogP contribution is -2.27. The zero-order valence-corrected chi connectivity index (χ0v) is 15.7. The number of oxime groups is 1. The van der Waals surface area contributed by atoms with E-state index in [1.54, 1.807) is 31.2 Å². The molecule has 2 atom stereocenters. The fraction of sp³-hybridized carbons (Fsp3) is 0.300. The van der Waals surface area contributed by atoms with Gasteiger partial charge in [-0.2, -0.15) is 13.2 Å². The third kappa shape index (κ3) is 5.32. The number of benzene rings is 2. The third-order valence-corrected chi connectivity index (χ3v) is 4.12. The number of nitrogens with one attached hydrogen (secondary N) is 1. The van der Waals surface area contributed by atoms with Gasteiger partial charge < -0.3 is 14.9 Å². The van der Waals surface area contributed by atoms with Crippen LogP contribution in [0.4, 0.5) is 13.2 Å². The maximum atomic E-state index is 12.6. The summed E-state index contributed by atoms with van der Waals surface area (Å²) < 4.78 is 43.2. The topological polar surface area (TPSA) is 59.9 Å². The van der Waals surface area contributed by atoms with Gasteiger partial charge in [0.2, 0.25) is 0 Å². The zero-order chi connectivity index (χ0) is 20.7. The highest BCUT2D eigenvalue weighted by Crippen LogP contribution is 2.30. The van der Waals surface area contributed by atoms with Crippen molar-refractivity contribution in [3.05, 3.63) is 70.8 Å². The monoisotopic (exact) mass is 394 g/mol. The van der Waals surface area contributed by atoms with E-state index >= 15 is 0 Å². The second-order valence-corrected chi connectivity index (χ2v) is 5.96. The Kier molecular flexibility index (Phi) is 7.17. The van der Waals surface area contributed by atoms with E-state index < -0.39 is 23.9 Å². The van der Waals surface area contributed by atoms with Crippen LogP contribution in [0.1, 0.15) is 41.4 Å². The molecule has 5 nitrogen and oxygen atoms in total. The van der Waals surface area contributed by atoms with Crippen LogP contribution in [0, 0.1) is 0 Å². The number of amides is 1. The summed E-state index contributed by atoms with van der Waals surface area (Å²) in [5, 5.41) is 6.45. The van der Waals surface area contributed by atoms with E-state index in [1.807, 2.05) is 0 Å². The molecule has 0 saturated heterocycles. The highest BCUT2D eigenvalue weighted by atomic mass is 19.4. The van der Waals surface area contributed by atoms with Crippen LogP contribution in [-0.4, -0.2) is 26.3 Å². The van der Waals surface area contributed by atoms with Gasteiger partial charge >= 0.3 is 6.18 Å². The molecule has 2 rings (SSSR count). The maximum absolute atomic E-state index is 12.6. The molecule has 0 aromatic heterocycles. The van der Waals surface area contributed by atoms with Crippen molar-refractivity contribution in [2.45, 2.75) is 25.3 Å². The Hall–Kier alpha value is -2.87. The minimum atomic E-state index is -4.38. The molecule has 0 heterocycles. The minimum Gasteiger partial charge on any atom is -0.388 e. The van der Waals surface area contributed by atoms with Crippen molar-refractivity contribution in [2.24, 2.45) is 5.16 Å². The number of hydrogen-bond donors (Lipinski definition) is 1. The summed E-state index contributed by atoms with van der Waals surface area (Å²) >= 11 is 0. The van der Waals surface area contributed by atoms with Gasteiger partial charge in [0.05, 0.1) is 11.8 Å². The normalized spacial score (nSPS) is 13.9.